The maximum absolute atomic E-state index is 11.3. The van der Waals surface area contributed by atoms with Gasteiger partial charge in [-0.2, -0.15) is 5.26 Å². The molecule has 0 radical (unpaired) electrons. The average Bonchev–Trinajstić information content (AvgIpc) is 2.42. The molecule has 0 amide bonds. The predicted molar refractivity (Wildman–Crippen MR) is 83.1 cm³/mol. The van der Waals surface area contributed by atoms with Gasteiger partial charge < -0.3 is 4.74 Å². The van der Waals surface area contributed by atoms with Gasteiger partial charge in [0.15, 0.2) is 0 Å². The zero-order valence-corrected chi connectivity index (χ0v) is 14.0. The van der Waals surface area contributed by atoms with E-state index >= 15 is 0 Å². The van der Waals surface area contributed by atoms with Crippen LogP contribution in [0.4, 0.5) is 0 Å². The third-order valence-corrected chi connectivity index (χ3v) is 4.69. The highest BCUT2D eigenvalue weighted by Gasteiger charge is 2.13. The van der Waals surface area contributed by atoms with Gasteiger partial charge in [-0.1, -0.05) is 6.07 Å². The smallest absolute Gasteiger partial charge is 0.261 e. The lowest BCUT2D eigenvalue weighted by Crippen LogP contribution is -1.93. The molecule has 7 heteroatoms. The molecule has 0 fully saturated rings. The van der Waals surface area contributed by atoms with E-state index in [4.69, 9.17) is 20.7 Å². The first-order valence-corrected chi connectivity index (χ1v) is 8.84. The fourth-order valence-corrected chi connectivity index (χ4v) is 3.00. The van der Waals surface area contributed by atoms with E-state index in [0.717, 1.165) is 5.56 Å². The Morgan fingerprint density at radius 2 is 1.90 bits per heavy atom. The molecule has 0 saturated carbocycles. The van der Waals surface area contributed by atoms with E-state index in [-0.39, 0.29) is 4.90 Å². The summed E-state index contributed by atoms with van der Waals surface area (Å²) < 4.78 is 28.7. The molecular formula is C14H9BrClNO3S. The highest BCUT2D eigenvalue weighted by molar-refractivity contribution is 9.10. The molecule has 0 spiro atoms. The van der Waals surface area contributed by atoms with Gasteiger partial charge in [0.1, 0.15) is 11.5 Å². The summed E-state index contributed by atoms with van der Waals surface area (Å²) in [4.78, 5) is -0.0223. The van der Waals surface area contributed by atoms with Crippen LogP contribution in [0.2, 0.25) is 0 Å². The van der Waals surface area contributed by atoms with E-state index in [0.29, 0.717) is 21.5 Å². The molecule has 2 rings (SSSR count). The fourth-order valence-electron chi connectivity index (χ4n) is 1.61. The predicted octanol–water partition coefficient (Wildman–Crippen LogP) is 4.35. The first-order valence-electron chi connectivity index (χ1n) is 5.74. The van der Waals surface area contributed by atoms with Crippen LogP contribution in [0, 0.1) is 18.3 Å². The Balaban J connectivity index is 2.39. The molecule has 2 aromatic carbocycles. The summed E-state index contributed by atoms with van der Waals surface area (Å²) in [6.45, 7) is 1.85. The van der Waals surface area contributed by atoms with Crippen LogP contribution >= 0.6 is 26.6 Å². The Morgan fingerprint density at radius 3 is 2.48 bits per heavy atom. The van der Waals surface area contributed by atoms with Crippen molar-refractivity contribution >= 4 is 35.7 Å². The van der Waals surface area contributed by atoms with E-state index in [2.05, 4.69) is 15.9 Å². The Kier molecular flexibility index (Phi) is 4.57. The first-order chi connectivity index (χ1) is 9.81. The van der Waals surface area contributed by atoms with Gasteiger partial charge >= 0.3 is 0 Å². The van der Waals surface area contributed by atoms with Gasteiger partial charge in [0.05, 0.1) is 21.0 Å². The van der Waals surface area contributed by atoms with Gasteiger partial charge in [-0.05, 0) is 58.7 Å². The minimum atomic E-state index is -3.79. The van der Waals surface area contributed by atoms with E-state index in [1.165, 1.54) is 18.2 Å². The lowest BCUT2D eigenvalue weighted by atomic mass is 10.1. The van der Waals surface area contributed by atoms with Crippen LogP contribution in [0.3, 0.4) is 0 Å². The standard InChI is InChI=1S/C14H9BrClNO3S/c1-9-2-3-10(8-17)6-14(9)20-13-5-4-11(7-12(13)15)21(16,18)19/h2-7H,1H3. The number of hydrogen-bond donors (Lipinski definition) is 0. The molecule has 0 unspecified atom stereocenters. The lowest BCUT2D eigenvalue weighted by Gasteiger charge is -2.11. The van der Waals surface area contributed by atoms with Crippen molar-refractivity contribution in [2.45, 2.75) is 11.8 Å². The van der Waals surface area contributed by atoms with Crippen molar-refractivity contribution in [3.8, 4) is 17.6 Å². The molecule has 0 aliphatic rings. The second-order valence-electron chi connectivity index (χ2n) is 4.22. The number of nitriles is 1. The minimum absolute atomic E-state index is 0.0223. The van der Waals surface area contributed by atoms with E-state index in [9.17, 15) is 8.42 Å². The third kappa shape index (κ3) is 3.76. The van der Waals surface area contributed by atoms with E-state index in [1.54, 1.807) is 18.2 Å². The highest BCUT2D eigenvalue weighted by atomic mass is 79.9. The van der Waals surface area contributed by atoms with Crippen molar-refractivity contribution in [1.82, 2.24) is 0 Å². The second-order valence-corrected chi connectivity index (χ2v) is 7.64. The SMILES string of the molecule is Cc1ccc(C#N)cc1Oc1ccc(S(=O)(=O)Cl)cc1Br. The topological polar surface area (TPSA) is 67.2 Å². The van der Waals surface area contributed by atoms with Gasteiger partial charge in [0, 0.05) is 10.7 Å². The normalized spacial score (nSPS) is 11.0. The molecule has 0 saturated heterocycles. The summed E-state index contributed by atoms with van der Waals surface area (Å²) in [5.74, 6) is 0.952. The van der Waals surface area contributed by atoms with Gasteiger partial charge in [-0.25, -0.2) is 8.42 Å². The van der Waals surface area contributed by atoms with Crippen LogP contribution in [-0.2, 0) is 9.05 Å². The van der Waals surface area contributed by atoms with Crippen molar-refractivity contribution in [2.75, 3.05) is 0 Å². The number of halogens is 2. The summed E-state index contributed by atoms with van der Waals surface area (Å²) in [6, 6.07) is 11.3. The Morgan fingerprint density at radius 1 is 1.19 bits per heavy atom. The number of ether oxygens (including phenoxy) is 1. The van der Waals surface area contributed by atoms with Crippen LogP contribution in [-0.4, -0.2) is 8.42 Å². The zero-order valence-electron chi connectivity index (χ0n) is 10.8. The Bertz CT molecular complexity index is 844. The summed E-state index contributed by atoms with van der Waals surface area (Å²) in [5, 5.41) is 8.90. The number of aryl methyl sites for hydroxylation is 1. The zero-order chi connectivity index (χ0) is 15.6. The quantitative estimate of drug-likeness (QED) is 0.736. The molecule has 4 nitrogen and oxygen atoms in total. The van der Waals surface area contributed by atoms with Crippen molar-refractivity contribution < 1.29 is 13.2 Å². The van der Waals surface area contributed by atoms with Crippen molar-refractivity contribution in [2.24, 2.45) is 0 Å². The molecule has 0 bridgehead atoms. The summed E-state index contributed by atoms with van der Waals surface area (Å²) in [7, 11) is 1.49. The molecule has 0 heterocycles. The van der Waals surface area contributed by atoms with Crippen molar-refractivity contribution in [1.29, 1.82) is 5.26 Å². The minimum Gasteiger partial charge on any atom is -0.456 e. The summed E-state index contributed by atoms with van der Waals surface area (Å²) >= 11 is 3.24. The van der Waals surface area contributed by atoms with Gasteiger partial charge in [-0.15, -0.1) is 0 Å². The van der Waals surface area contributed by atoms with Gasteiger partial charge in [0.2, 0.25) is 0 Å². The van der Waals surface area contributed by atoms with E-state index in [1.807, 2.05) is 13.0 Å². The monoisotopic (exact) mass is 385 g/mol. The molecule has 2 aromatic rings. The molecule has 0 aliphatic heterocycles. The summed E-state index contributed by atoms with van der Waals surface area (Å²) in [5.41, 5.74) is 1.33. The first kappa shape index (κ1) is 15.8. The summed E-state index contributed by atoms with van der Waals surface area (Å²) in [6.07, 6.45) is 0. The third-order valence-electron chi connectivity index (χ3n) is 2.72. The molecule has 0 N–H and O–H groups in total. The van der Waals surface area contributed by atoms with Crippen LogP contribution < -0.4 is 4.74 Å². The average molecular weight is 387 g/mol. The number of rotatable bonds is 3. The highest BCUT2D eigenvalue weighted by Crippen LogP contribution is 2.34. The molecule has 21 heavy (non-hydrogen) atoms. The maximum Gasteiger partial charge on any atom is 0.261 e. The Hall–Kier alpha value is -1.55. The van der Waals surface area contributed by atoms with Crippen LogP contribution in [0.5, 0.6) is 11.5 Å². The van der Waals surface area contributed by atoms with Crippen LogP contribution in [0.1, 0.15) is 11.1 Å². The van der Waals surface area contributed by atoms with Gasteiger partial charge in [-0.3, -0.25) is 0 Å². The second kappa shape index (κ2) is 6.06. The maximum atomic E-state index is 11.3. The van der Waals surface area contributed by atoms with Crippen molar-refractivity contribution in [3.05, 3.63) is 52.0 Å². The number of benzene rings is 2. The molecule has 0 aromatic heterocycles. The van der Waals surface area contributed by atoms with E-state index < -0.39 is 9.05 Å². The lowest BCUT2D eigenvalue weighted by molar-refractivity contribution is 0.475. The molecule has 0 atom stereocenters. The fraction of sp³-hybridized carbons (Fsp3) is 0.0714. The Labute approximate surface area is 135 Å². The molecule has 108 valence electrons. The van der Waals surface area contributed by atoms with Gasteiger partial charge in [0.25, 0.3) is 9.05 Å². The van der Waals surface area contributed by atoms with Crippen LogP contribution in [0.25, 0.3) is 0 Å². The largest absolute Gasteiger partial charge is 0.456 e. The van der Waals surface area contributed by atoms with Crippen molar-refractivity contribution in [3.63, 3.8) is 0 Å². The van der Waals surface area contributed by atoms with Crippen LogP contribution in [0.15, 0.2) is 45.8 Å². The molecular weight excluding hydrogens is 378 g/mol. The molecule has 0 aliphatic carbocycles. The number of nitrogens with zero attached hydrogens (tertiary/aromatic N) is 1. The number of hydrogen-bond acceptors (Lipinski definition) is 4.